The highest BCUT2D eigenvalue weighted by Gasteiger charge is 2.11. The summed E-state index contributed by atoms with van der Waals surface area (Å²) in [5, 5.41) is 0. The lowest BCUT2D eigenvalue weighted by Gasteiger charge is -2.25. The van der Waals surface area contributed by atoms with Crippen LogP contribution in [0.1, 0.15) is 20.8 Å². The van der Waals surface area contributed by atoms with E-state index in [-0.39, 0.29) is 10.9 Å². The van der Waals surface area contributed by atoms with Crippen LogP contribution < -0.4 is 26.4 Å². The van der Waals surface area contributed by atoms with Crippen LogP contribution in [0.2, 0.25) is 0 Å². The van der Waals surface area contributed by atoms with Crippen molar-refractivity contribution in [2.75, 3.05) is 83.8 Å². The van der Waals surface area contributed by atoms with Crippen molar-refractivity contribution < 1.29 is 0 Å². The van der Waals surface area contributed by atoms with Gasteiger partial charge in [-0.2, -0.15) is 0 Å². The first-order chi connectivity index (χ1) is 14.7. The van der Waals surface area contributed by atoms with Gasteiger partial charge in [-0.15, -0.1) is 0 Å². The molecule has 0 atom stereocenters. The van der Waals surface area contributed by atoms with Crippen LogP contribution in [0.4, 0.5) is 11.4 Å². The van der Waals surface area contributed by atoms with E-state index in [9.17, 15) is 9.59 Å². The summed E-state index contributed by atoms with van der Waals surface area (Å²) in [5.74, 6) is 0. The van der Waals surface area contributed by atoms with Crippen LogP contribution in [0.15, 0.2) is 21.7 Å². The molecule has 0 heterocycles. The Bertz CT molecular complexity index is 896. The molecule has 9 heteroatoms. The molecule has 0 saturated carbocycles. The van der Waals surface area contributed by atoms with E-state index in [4.69, 9.17) is 24.4 Å². The molecule has 2 aromatic carbocycles. The first-order valence-corrected chi connectivity index (χ1v) is 11.5. The van der Waals surface area contributed by atoms with Crippen molar-refractivity contribution in [1.29, 1.82) is 0 Å². The highest BCUT2D eigenvalue weighted by Crippen LogP contribution is 2.13. The zero-order chi connectivity index (χ0) is 24.1. The zero-order valence-electron chi connectivity index (χ0n) is 20.1. The lowest BCUT2D eigenvalue weighted by atomic mass is 10.2. The maximum absolute atomic E-state index is 10.9. The normalized spacial score (nSPS) is 10.6. The highest BCUT2D eigenvalue weighted by atomic mass is 32.1. The van der Waals surface area contributed by atoms with Crippen molar-refractivity contribution in [1.82, 2.24) is 9.80 Å². The van der Waals surface area contributed by atoms with Gasteiger partial charge in [-0.3, -0.25) is 9.59 Å². The van der Waals surface area contributed by atoms with Crippen molar-refractivity contribution in [2.24, 2.45) is 5.73 Å². The van der Waals surface area contributed by atoms with E-state index in [1.807, 2.05) is 19.0 Å². The van der Waals surface area contributed by atoms with Crippen molar-refractivity contribution in [3.63, 3.8) is 0 Å². The molecule has 0 amide bonds. The summed E-state index contributed by atoms with van der Waals surface area (Å²) in [4.78, 5) is 30.5. The number of hydrogen-bond acceptors (Lipinski definition) is 9. The van der Waals surface area contributed by atoms with Crippen LogP contribution >= 0.6 is 24.4 Å². The number of hydrogen-bond donors (Lipinski definition) is 1. The zero-order valence-corrected chi connectivity index (χ0v) is 21.7. The molecule has 7 nitrogen and oxygen atoms in total. The average Bonchev–Trinajstić information content (AvgIpc) is 2.80. The van der Waals surface area contributed by atoms with Crippen molar-refractivity contribution >= 4 is 35.8 Å². The number of anilines is 2. The predicted molar refractivity (Wildman–Crippen MR) is 139 cm³/mol. The number of likely N-dealkylation sites (N-methyl/N-ethyl adjacent to an activating group) is 4. The van der Waals surface area contributed by atoms with Crippen molar-refractivity contribution in [3.8, 4) is 0 Å². The van der Waals surface area contributed by atoms with Crippen molar-refractivity contribution in [3.05, 3.63) is 41.6 Å². The summed E-state index contributed by atoms with van der Waals surface area (Å²) in [6, 6.07) is 3.22. The minimum absolute atomic E-state index is 0.00492. The van der Waals surface area contributed by atoms with E-state index in [2.05, 4.69) is 48.3 Å². The van der Waals surface area contributed by atoms with Gasteiger partial charge in [0.2, 0.25) is 10.9 Å². The van der Waals surface area contributed by atoms with Crippen LogP contribution in [0.25, 0.3) is 0 Å². The van der Waals surface area contributed by atoms with Gasteiger partial charge in [0.1, 0.15) is 9.02 Å². The third-order valence-electron chi connectivity index (χ3n) is 5.27. The van der Waals surface area contributed by atoms with E-state index in [1.165, 1.54) is 7.05 Å². The number of rotatable bonds is 11. The molecule has 2 rings (SSSR count). The molecular formula is C22H39N5O2S2. The molecule has 0 aliphatic carbocycles. The molecule has 0 bridgehead atoms. The Morgan fingerprint density at radius 3 is 1.39 bits per heavy atom. The Morgan fingerprint density at radius 1 is 0.710 bits per heavy atom. The Morgan fingerprint density at radius 2 is 1.10 bits per heavy atom. The van der Waals surface area contributed by atoms with Gasteiger partial charge in [-0.25, -0.2) is 0 Å². The number of nitrogens with two attached hydrogens (primary N) is 1. The van der Waals surface area contributed by atoms with E-state index in [0.29, 0.717) is 9.02 Å². The van der Waals surface area contributed by atoms with Crippen LogP contribution in [-0.2, 0) is 0 Å². The molecule has 31 heavy (non-hydrogen) atoms. The van der Waals surface area contributed by atoms with E-state index >= 15 is 0 Å². The lowest BCUT2D eigenvalue weighted by Crippen LogP contribution is -2.34. The minimum atomic E-state index is -0.00861. The van der Waals surface area contributed by atoms with E-state index in [1.54, 1.807) is 12.1 Å². The predicted octanol–water partition coefficient (Wildman–Crippen LogP) is 2.04. The second kappa shape index (κ2) is 15.3. The summed E-state index contributed by atoms with van der Waals surface area (Å²) in [6.07, 6.45) is 0. The van der Waals surface area contributed by atoms with Gasteiger partial charge < -0.3 is 25.3 Å². The van der Waals surface area contributed by atoms with E-state index < -0.39 is 0 Å². The molecule has 2 aromatic rings. The standard InChI is InChI=1S/C11H18N2OS.C10H16N2OS.CH5N/c1-4-13(5-2)7-6-12(3)9-8-10(14)11(9)15;1-4-11(2)5-6-12(3)8-7-9(13)10(8)14;1-2/h8H,4-7H2,1-3H3;7H,4-6H2,1-3H3;2H2,1H3. The maximum Gasteiger partial charge on any atom is 0.200 e. The van der Waals surface area contributed by atoms with Gasteiger partial charge in [0.15, 0.2) is 0 Å². The number of nitrogens with zero attached hydrogens (tertiary/aromatic N) is 4. The fourth-order valence-electron chi connectivity index (χ4n) is 2.73. The van der Waals surface area contributed by atoms with Gasteiger partial charge in [0, 0.05) is 52.4 Å². The molecule has 0 spiro atoms. The summed E-state index contributed by atoms with van der Waals surface area (Å²) in [5.41, 5.74) is 6.32. The van der Waals surface area contributed by atoms with Crippen LogP contribution in [0, 0.1) is 9.02 Å². The molecule has 0 aliphatic heterocycles. The van der Waals surface area contributed by atoms with E-state index in [0.717, 1.165) is 57.2 Å². The molecule has 0 saturated heterocycles. The molecule has 0 fully saturated rings. The Kier molecular flexibility index (Phi) is 14.6. The van der Waals surface area contributed by atoms with Gasteiger partial charge in [-0.05, 0) is 33.7 Å². The topological polar surface area (TPSA) is 73.1 Å². The fraction of sp³-hybridized carbons (Fsp3) is 0.636. The highest BCUT2D eigenvalue weighted by molar-refractivity contribution is 7.71. The lowest BCUT2D eigenvalue weighted by molar-refractivity contribution is 0.311. The average molecular weight is 470 g/mol. The third kappa shape index (κ3) is 9.24. The molecule has 176 valence electrons. The van der Waals surface area contributed by atoms with Crippen LogP contribution in [0.5, 0.6) is 0 Å². The summed E-state index contributed by atoms with van der Waals surface area (Å²) < 4.78 is 0.962. The summed E-state index contributed by atoms with van der Waals surface area (Å²) in [7, 11) is 7.52. The Hall–Kier alpha value is -1.52. The first-order valence-electron chi connectivity index (χ1n) is 10.7. The largest absolute Gasteiger partial charge is 0.372 e. The third-order valence-corrected chi connectivity index (χ3v) is 6.09. The van der Waals surface area contributed by atoms with Gasteiger partial charge in [0.05, 0.1) is 11.4 Å². The van der Waals surface area contributed by atoms with Crippen LogP contribution in [-0.4, -0.2) is 83.8 Å². The smallest absolute Gasteiger partial charge is 0.200 e. The second-order valence-corrected chi connectivity index (χ2v) is 8.03. The molecular weight excluding hydrogens is 430 g/mol. The quantitative estimate of drug-likeness (QED) is 0.498. The van der Waals surface area contributed by atoms with Crippen molar-refractivity contribution in [2.45, 2.75) is 20.8 Å². The SMILES string of the molecule is CCN(C)CCN(C)c1cc(=O)c1=S.CCN(CC)CCN(C)c1cc(=O)c1=S.CN. The molecule has 0 aliphatic rings. The monoisotopic (exact) mass is 469 g/mol. The van der Waals surface area contributed by atoms with Gasteiger partial charge >= 0.3 is 0 Å². The molecule has 0 unspecified atom stereocenters. The Balaban J connectivity index is 0.000000539. The van der Waals surface area contributed by atoms with Crippen LogP contribution in [0.3, 0.4) is 0 Å². The first kappa shape index (κ1) is 29.5. The minimum Gasteiger partial charge on any atom is -0.372 e. The molecule has 0 radical (unpaired) electrons. The summed E-state index contributed by atoms with van der Waals surface area (Å²) in [6.45, 7) is 13.4. The molecule has 0 aromatic heterocycles. The maximum atomic E-state index is 10.9. The Labute approximate surface area is 197 Å². The van der Waals surface area contributed by atoms with Gasteiger partial charge in [0.25, 0.3) is 0 Å². The summed E-state index contributed by atoms with van der Waals surface area (Å²) >= 11 is 9.91. The molecule has 2 N–H and O–H groups in total. The van der Waals surface area contributed by atoms with Gasteiger partial charge in [-0.1, -0.05) is 45.2 Å². The second-order valence-electron chi connectivity index (χ2n) is 7.21. The fourth-order valence-corrected chi connectivity index (χ4v) is 3.27.